The number of aryl methyl sites for hydroxylation is 1. The Bertz CT molecular complexity index is 784. The Morgan fingerprint density at radius 3 is 2.73 bits per heavy atom. The van der Waals surface area contributed by atoms with Gasteiger partial charge in [-0.3, -0.25) is 19.6 Å². The van der Waals surface area contributed by atoms with Crippen LogP contribution in [0.5, 0.6) is 0 Å². The number of hydrogen-bond acceptors (Lipinski definition) is 5. The first-order valence-corrected chi connectivity index (χ1v) is 10.8. The van der Waals surface area contributed by atoms with Gasteiger partial charge in [0.1, 0.15) is 12.1 Å². The minimum absolute atomic E-state index is 0.0621. The fraction of sp³-hybridized carbons (Fsp3) is 0.591. The summed E-state index contributed by atoms with van der Waals surface area (Å²) in [5.74, 6) is -2.60. The molecule has 1 aliphatic heterocycles. The first kappa shape index (κ1) is 22.2. The third kappa shape index (κ3) is 4.65. The summed E-state index contributed by atoms with van der Waals surface area (Å²) in [5.41, 5.74) is 3.78. The highest BCUT2D eigenvalue weighted by Gasteiger charge is 2.41. The lowest BCUT2D eigenvalue weighted by molar-refractivity contribution is -0.152. The highest BCUT2D eigenvalue weighted by molar-refractivity contribution is 5.92. The number of amides is 3. The Hall–Kier alpha value is -2.45. The van der Waals surface area contributed by atoms with Gasteiger partial charge in [-0.1, -0.05) is 44.0 Å². The summed E-state index contributed by atoms with van der Waals surface area (Å²) in [4.78, 5) is 39.5. The summed E-state index contributed by atoms with van der Waals surface area (Å²) < 4.78 is 0. The summed E-state index contributed by atoms with van der Waals surface area (Å²) in [6, 6.07) is 7.37. The molecule has 3 rings (SSSR count). The average Bonchev–Trinajstić information content (AvgIpc) is 3.40. The predicted molar refractivity (Wildman–Crippen MR) is 109 cm³/mol. The Balaban J connectivity index is 1.70. The number of nitrogens with one attached hydrogen (secondary N) is 2. The van der Waals surface area contributed by atoms with Crippen LogP contribution >= 0.6 is 0 Å². The van der Waals surface area contributed by atoms with Crippen LogP contribution in [0.2, 0.25) is 0 Å². The minimum atomic E-state index is -1.65. The molecule has 1 unspecified atom stereocenters. The molecule has 164 valence electrons. The zero-order valence-corrected chi connectivity index (χ0v) is 17.3. The second-order valence-corrected chi connectivity index (χ2v) is 8.16. The fourth-order valence-electron chi connectivity index (χ4n) is 4.58. The molecule has 1 saturated heterocycles. The van der Waals surface area contributed by atoms with Crippen molar-refractivity contribution in [2.45, 2.75) is 70.1 Å². The Morgan fingerprint density at radius 2 is 2.00 bits per heavy atom. The standard InChI is InChI=1S/C22H31N3O5/c1-2-3-8-16(19(26)21(28)24-30)22(29)25-13-6-10-18(25)20(27)23-17-12-11-14-7-4-5-9-15(14)17/h4-5,7,9,16-19,26,30H,2-3,6,8,10-13H2,1H3,(H,23,27)(H,24,28)/t16-,17?,18+,19+/m1/s1. The Morgan fingerprint density at radius 1 is 1.23 bits per heavy atom. The van der Waals surface area contributed by atoms with Crippen molar-refractivity contribution in [3.63, 3.8) is 0 Å². The number of aliphatic hydroxyl groups excluding tert-OH is 1. The topological polar surface area (TPSA) is 119 Å². The number of carbonyl (C=O) groups is 3. The van der Waals surface area contributed by atoms with E-state index in [0.717, 1.165) is 24.8 Å². The van der Waals surface area contributed by atoms with E-state index in [1.54, 1.807) is 0 Å². The van der Waals surface area contributed by atoms with Crippen molar-refractivity contribution in [2.75, 3.05) is 6.54 Å². The van der Waals surface area contributed by atoms with Crippen LogP contribution in [0, 0.1) is 5.92 Å². The van der Waals surface area contributed by atoms with Gasteiger partial charge >= 0.3 is 0 Å². The number of unbranched alkanes of at least 4 members (excludes halogenated alkanes) is 1. The Labute approximate surface area is 176 Å². The maximum Gasteiger partial charge on any atom is 0.272 e. The van der Waals surface area contributed by atoms with Crippen LogP contribution in [0.3, 0.4) is 0 Å². The quantitative estimate of drug-likeness (QED) is 0.377. The van der Waals surface area contributed by atoms with Crippen LogP contribution in [0.1, 0.15) is 62.6 Å². The van der Waals surface area contributed by atoms with Gasteiger partial charge in [-0.15, -0.1) is 0 Å². The van der Waals surface area contributed by atoms with Gasteiger partial charge in [0, 0.05) is 6.54 Å². The molecular formula is C22H31N3O5. The van der Waals surface area contributed by atoms with Gasteiger partial charge < -0.3 is 15.3 Å². The second-order valence-electron chi connectivity index (χ2n) is 8.16. The largest absolute Gasteiger partial charge is 0.382 e. The number of carbonyl (C=O) groups excluding carboxylic acids is 3. The third-order valence-electron chi connectivity index (χ3n) is 6.23. The van der Waals surface area contributed by atoms with E-state index in [0.29, 0.717) is 32.2 Å². The predicted octanol–water partition coefficient (Wildman–Crippen LogP) is 1.45. The molecule has 4 N–H and O–H groups in total. The number of aliphatic hydroxyl groups is 1. The van der Waals surface area contributed by atoms with Gasteiger partial charge in [-0.25, -0.2) is 5.48 Å². The van der Waals surface area contributed by atoms with Crippen molar-refractivity contribution >= 4 is 17.7 Å². The SMILES string of the molecule is CCCC[C@@H](C(=O)N1CCC[C@H]1C(=O)NC1CCc2ccccc21)[C@H](O)C(=O)NO. The lowest BCUT2D eigenvalue weighted by Crippen LogP contribution is -2.52. The molecular weight excluding hydrogens is 386 g/mol. The zero-order chi connectivity index (χ0) is 21.7. The minimum Gasteiger partial charge on any atom is -0.382 e. The molecule has 2 aliphatic rings. The number of rotatable bonds is 8. The molecule has 1 aromatic rings. The molecule has 1 aromatic carbocycles. The summed E-state index contributed by atoms with van der Waals surface area (Å²) in [6.45, 7) is 2.36. The van der Waals surface area contributed by atoms with Crippen LogP contribution in [0.4, 0.5) is 0 Å². The maximum atomic E-state index is 13.2. The van der Waals surface area contributed by atoms with Crippen LogP contribution in [-0.2, 0) is 20.8 Å². The summed E-state index contributed by atoms with van der Waals surface area (Å²) in [7, 11) is 0. The van der Waals surface area contributed by atoms with Gasteiger partial charge in [-0.05, 0) is 43.2 Å². The van der Waals surface area contributed by atoms with E-state index in [2.05, 4.69) is 11.4 Å². The van der Waals surface area contributed by atoms with E-state index in [1.165, 1.54) is 15.9 Å². The van der Waals surface area contributed by atoms with E-state index in [1.807, 2.05) is 25.1 Å². The third-order valence-corrected chi connectivity index (χ3v) is 6.23. The monoisotopic (exact) mass is 417 g/mol. The molecule has 1 heterocycles. The van der Waals surface area contributed by atoms with Crippen LogP contribution in [0.25, 0.3) is 0 Å². The number of hydroxylamine groups is 1. The van der Waals surface area contributed by atoms with E-state index in [-0.39, 0.29) is 11.9 Å². The summed E-state index contributed by atoms with van der Waals surface area (Å²) in [5, 5.41) is 22.2. The fourth-order valence-corrected chi connectivity index (χ4v) is 4.58. The first-order chi connectivity index (χ1) is 14.5. The summed E-state index contributed by atoms with van der Waals surface area (Å²) in [6.07, 6.45) is 3.08. The van der Waals surface area contributed by atoms with Crippen molar-refractivity contribution in [1.82, 2.24) is 15.7 Å². The molecule has 30 heavy (non-hydrogen) atoms. The molecule has 0 aromatic heterocycles. The van der Waals surface area contributed by atoms with Gasteiger partial charge in [0.15, 0.2) is 0 Å². The first-order valence-electron chi connectivity index (χ1n) is 10.8. The maximum absolute atomic E-state index is 13.2. The van der Waals surface area contributed by atoms with Gasteiger partial charge in [-0.2, -0.15) is 0 Å². The van der Waals surface area contributed by atoms with Gasteiger partial charge in [0.25, 0.3) is 5.91 Å². The van der Waals surface area contributed by atoms with Crippen LogP contribution < -0.4 is 10.8 Å². The number of likely N-dealkylation sites (tertiary alicyclic amines) is 1. The van der Waals surface area contributed by atoms with E-state index in [9.17, 15) is 19.5 Å². The smallest absolute Gasteiger partial charge is 0.272 e. The second kappa shape index (κ2) is 10.0. The molecule has 0 radical (unpaired) electrons. The highest BCUT2D eigenvalue weighted by atomic mass is 16.5. The average molecular weight is 418 g/mol. The van der Waals surface area contributed by atoms with Crippen LogP contribution in [-0.4, -0.2) is 51.6 Å². The molecule has 0 spiro atoms. The van der Waals surface area contributed by atoms with Crippen molar-refractivity contribution in [2.24, 2.45) is 5.92 Å². The lowest BCUT2D eigenvalue weighted by Gasteiger charge is -2.30. The molecule has 8 heteroatoms. The van der Waals surface area contributed by atoms with E-state index >= 15 is 0 Å². The van der Waals surface area contributed by atoms with Crippen molar-refractivity contribution in [3.8, 4) is 0 Å². The molecule has 0 bridgehead atoms. The molecule has 1 aliphatic carbocycles. The zero-order valence-electron chi connectivity index (χ0n) is 17.3. The summed E-state index contributed by atoms with van der Waals surface area (Å²) >= 11 is 0. The number of fused-ring (bicyclic) bond motifs is 1. The van der Waals surface area contributed by atoms with Gasteiger partial charge in [0.2, 0.25) is 11.8 Å². The van der Waals surface area contributed by atoms with E-state index < -0.39 is 29.9 Å². The number of hydrogen-bond donors (Lipinski definition) is 4. The van der Waals surface area contributed by atoms with Crippen LogP contribution in [0.15, 0.2) is 24.3 Å². The Kier molecular flexibility index (Phi) is 7.44. The normalized spacial score (nSPS) is 22.3. The molecule has 0 saturated carbocycles. The molecule has 3 amide bonds. The molecule has 1 fully saturated rings. The molecule has 8 nitrogen and oxygen atoms in total. The number of benzene rings is 1. The van der Waals surface area contributed by atoms with Gasteiger partial charge in [0.05, 0.1) is 12.0 Å². The lowest BCUT2D eigenvalue weighted by atomic mass is 9.93. The van der Waals surface area contributed by atoms with Crippen molar-refractivity contribution in [3.05, 3.63) is 35.4 Å². The van der Waals surface area contributed by atoms with Crippen molar-refractivity contribution < 1.29 is 24.7 Å². The van der Waals surface area contributed by atoms with E-state index in [4.69, 9.17) is 5.21 Å². The molecule has 4 atom stereocenters. The number of nitrogens with zero attached hydrogens (tertiary/aromatic N) is 1. The van der Waals surface area contributed by atoms with Crippen molar-refractivity contribution in [1.29, 1.82) is 0 Å². The highest BCUT2D eigenvalue weighted by Crippen LogP contribution is 2.32.